The lowest BCUT2D eigenvalue weighted by Crippen LogP contribution is -2.43. The van der Waals surface area contributed by atoms with E-state index in [1.165, 1.54) is 11.1 Å². The number of aromatic nitrogens is 2. The van der Waals surface area contributed by atoms with Crippen LogP contribution in [0.15, 0.2) is 49.1 Å². The Morgan fingerprint density at radius 3 is 1.94 bits per heavy atom. The summed E-state index contributed by atoms with van der Waals surface area (Å²) >= 11 is 0. The maximum atomic E-state index is 9.24. The monoisotopic (exact) mass is 440 g/mol. The van der Waals surface area contributed by atoms with E-state index in [2.05, 4.69) is 109 Å². The van der Waals surface area contributed by atoms with Crippen molar-refractivity contribution in [3.05, 3.63) is 60.2 Å². The Balaban J connectivity index is 2.35. The van der Waals surface area contributed by atoms with E-state index in [-0.39, 0.29) is 22.9 Å². The number of aliphatic hydroxyl groups is 1. The number of aliphatic hydroxyl groups excluding tert-OH is 1. The lowest BCUT2D eigenvalue weighted by Gasteiger charge is -2.45. The van der Waals surface area contributed by atoms with Crippen LogP contribution >= 0.6 is 0 Å². The van der Waals surface area contributed by atoms with E-state index in [1.54, 1.807) is 0 Å². The smallest absolute Gasteiger partial charge is 0.171 e. The summed E-state index contributed by atoms with van der Waals surface area (Å²) in [7, 11) is 2.27. The minimum absolute atomic E-state index is 0.0818. The topological polar surface area (TPSA) is 40.2 Å². The van der Waals surface area contributed by atoms with Crippen molar-refractivity contribution in [2.75, 3.05) is 20.2 Å². The first-order valence-electron chi connectivity index (χ1n) is 11.9. The fourth-order valence-corrected chi connectivity index (χ4v) is 5.23. The minimum atomic E-state index is 0.0818. The molecule has 2 heterocycles. The van der Waals surface area contributed by atoms with Gasteiger partial charge in [0.15, 0.2) is 18.9 Å². The van der Waals surface area contributed by atoms with E-state index in [9.17, 15) is 5.11 Å². The van der Waals surface area contributed by atoms with Crippen molar-refractivity contribution in [1.29, 1.82) is 0 Å². The molecule has 2 unspecified atom stereocenters. The van der Waals surface area contributed by atoms with Crippen LogP contribution in [0.4, 0.5) is 0 Å². The highest BCUT2D eigenvalue weighted by Gasteiger charge is 2.38. The molecule has 0 bridgehead atoms. The third-order valence-electron chi connectivity index (χ3n) is 6.38. The molecule has 2 aromatic heterocycles. The van der Waals surface area contributed by atoms with Gasteiger partial charge in [-0.15, -0.1) is 0 Å². The van der Waals surface area contributed by atoms with Crippen molar-refractivity contribution in [1.82, 2.24) is 9.88 Å². The summed E-state index contributed by atoms with van der Waals surface area (Å²) in [6, 6.07) is 9.10. The van der Waals surface area contributed by atoms with Gasteiger partial charge in [-0.05, 0) is 58.9 Å². The number of nitrogens with zero attached hydrogens (tertiary/aromatic N) is 3. The SMILES string of the molecule is CN(CC(C)(C)C(CC(C)(C)C)c1ccncc1)C(c1cc[n+](CCO)cc1)C(C)(C)C. The highest BCUT2D eigenvalue weighted by molar-refractivity contribution is 5.21. The molecule has 0 aliphatic heterocycles. The molecule has 4 nitrogen and oxygen atoms in total. The van der Waals surface area contributed by atoms with Gasteiger partial charge in [0.2, 0.25) is 0 Å². The summed E-state index contributed by atoms with van der Waals surface area (Å²) in [5.74, 6) is 0.441. The maximum Gasteiger partial charge on any atom is 0.171 e. The summed E-state index contributed by atoms with van der Waals surface area (Å²) in [5, 5.41) is 9.24. The molecule has 0 amide bonds. The van der Waals surface area contributed by atoms with Crippen LogP contribution in [0.2, 0.25) is 0 Å². The number of hydrogen-bond acceptors (Lipinski definition) is 3. The van der Waals surface area contributed by atoms with Gasteiger partial charge in [-0.1, -0.05) is 55.4 Å². The van der Waals surface area contributed by atoms with Crippen LogP contribution in [0.1, 0.15) is 84.9 Å². The number of pyridine rings is 2. The molecule has 0 aromatic carbocycles. The van der Waals surface area contributed by atoms with E-state index in [4.69, 9.17) is 0 Å². The molecule has 0 saturated heterocycles. The summed E-state index contributed by atoms with van der Waals surface area (Å²) < 4.78 is 2.04. The van der Waals surface area contributed by atoms with Crippen LogP contribution in [0.25, 0.3) is 0 Å². The second kappa shape index (κ2) is 10.4. The Kier molecular flexibility index (Phi) is 8.63. The van der Waals surface area contributed by atoms with Gasteiger partial charge in [-0.25, -0.2) is 4.57 Å². The van der Waals surface area contributed by atoms with Gasteiger partial charge >= 0.3 is 0 Å². The fourth-order valence-electron chi connectivity index (χ4n) is 5.23. The van der Waals surface area contributed by atoms with Crippen LogP contribution in [0, 0.1) is 16.2 Å². The van der Waals surface area contributed by atoms with Gasteiger partial charge in [-0.2, -0.15) is 0 Å². The number of hydrogen-bond donors (Lipinski definition) is 1. The predicted molar refractivity (Wildman–Crippen MR) is 133 cm³/mol. The van der Waals surface area contributed by atoms with Crippen LogP contribution in [0.5, 0.6) is 0 Å². The predicted octanol–water partition coefficient (Wildman–Crippen LogP) is 5.63. The highest BCUT2D eigenvalue weighted by Crippen LogP contribution is 2.46. The normalized spacial score (nSPS) is 15.1. The molecule has 1 N–H and O–H groups in total. The fraction of sp³-hybridized carbons (Fsp3) is 0.643. The summed E-state index contributed by atoms with van der Waals surface area (Å²) in [4.78, 5) is 6.80. The molecule has 0 fully saturated rings. The maximum absolute atomic E-state index is 9.24. The van der Waals surface area contributed by atoms with Crippen molar-refractivity contribution in [2.45, 2.75) is 80.3 Å². The average Bonchev–Trinajstić information content (AvgIpc) is 2.66. The second-order valence-electron chi connectivity index (χ2n) is 12.4. The molecular formula is C28H46N3O+. The molecule has 0 radical (unpaired) electrons. The molecule has 4 heteroatoms. The van der Waals surface area contributed by atoms with Gasteiger partial charge in [0.05, 0.1) is 0 Å². The highest BCUT2D eigenvalue weighted by atomic mass is 16.3. The van der Waals surface area contributed by atoms with Gasteiger partial charge in [0, 0.05) is 37.1 Å². The zero-order valence-corrected chi connectivity index (χ0v) is 21.9. The molecule has 0 aliphatic carbocycles. The Hall–Kier alpha value is -1.78. The van der Waals surface area contributed by atoms with Crippen LogP contribution in [-0.4, -0.2) is 35.2 Å². The van der Waals surface area contributed by atoms with Crippen molar-refractivity contribution in [3.8, 4) is 0 Å². The summed E-state index contributed by atoms with van der Waals surface area (Å²) in [6.07, 6.45) is 9.15. The lowest BCUT2D eigenvalue weighted by atomic mass is 9.67. The van der Waals surface area contributed by atoms with Crippen LogP contribution in [0.3, 0.4) is 0 Å². The third-order valence-corrected chi connectivity index (χ3v) is 6.38. The van der Waals surface area contributed by atoms with Crippen molar-refractivity contribution in [3.63, 3.8) is 0 Å². The molecule has 2 aromatic rings. The zero-order valence-electron chi connectivity index (χ0n) is 21.9. The minimum Gasteiger partial charge on any atom is -0.390 e. The van der Waals surface area contributed by atoms with Gasteiger partial charge < -0.3 is 5.11 Å². The molecule has 178 valence electrons. The summed E-state index contributed by atoms with van der Waals surface area (Å²) in [6.45, 7) is 20.6. The van der Waals surface area contributed by atoms with Crippen LogP contribution in [-0.2, 0) is 6.54 Å². The average molecular weight is 441 g/mol. The molecule has 32 heavy (non-hydrogen) atoms. The van der Waals surface area contributed by atoms with Crippen molar-refractivity contribution < 1.29 is 9.67 Å². The van der Waals surface area contributed by atoms with Gasteiger partial charge in [0.25, 0.3) is 0 Å². The Morgan fingerprint density at radius 1 is 0.906 bits per heavy atom. The Labute approximate surface area is 196 Å². The first-order valence-corrected chi connectivity index (χ1v) is 11.9. The first kappa shape index (κ1) is 26.5. The quantitative estimate of drug-likeness (QED) is 0.514. The van der Waals surface area contributed by atoms with E-state index in [0.717, 1.165) is 13.0 Å². The standard InChI is InChI=1S/C28H46N3O/c1-26(2,3)20-24(22-10-14-29-15-11-22)28(7,8)21-30(9)25(27(4,5)6)23-12-16-31(17-13-23)18-19-32/h10-17,24-25,32H,18-21H2,1-9H3/q+1. The number of rotatable bonds is 9. The lowest BCUT2D eigenvalue weighted by molar-refractivity contribution is -0.698. The summed E-state index contributed by atoms with van der Waals surface area (Å²) in [5.41, 5.74) is 3.11. The van der Waals surface area contributed by atoms with E-state index < -0.39 is 0 Å². The first-order chi connectivity index (χ1) is 14.7. The molecule has 2 atom stereocenters. The molecule has 2 rings (SSSR count). The molecule has 0 spiro atoms. The van der Waals surface area contributed by atoms with Crippen molar-refractivity contribution >= 4 is 0 Å². The second-order valence-corrected chi connectivity index (χ2v) is 12.4. The molecule has 0 aliphatic rings. The molecule has 0 saturated carbocycles. The Bertz CT molecular complexity index is 816. The van der Waals surface area contributed by atoms with E-state index >= 15 is 0 Å². The van der Waals surface area contributed by atoms with Gasteiger partial charge in [0.1, 0.15) is 6.61 Å². The molecular weight excluding hydrogens is 394 g/mol. The van der Waals surface area contributed by atoms with Gasteiger partial charge in [-0.3, -0.25) is 9.88 Å². The van der Waals surface area contributed by atoms with E-state index in [1.807, 2.05) is 17.0 Å². The zero-order chi connectivity index (χ0) is 24.2. The van der Waals surface area contributed by atoms with Crippen molar-refractivity contribution in [2.24, 2.45) is 16.2 Å². The van der Waals surface area contributed by atoms with Crippen LogP contribution < -0.4 is 4.57 Å². The van der Waals surface area contributed by atoms with E-state index in [0.29, 0.717) is 18.5 Å². The Morgan fingerprint density at radius 2 is 1.47 bits per heavy atom. The largest absolute Gasteiger partial charge is 0.390 e. The third kappa shape index (κ3) is 7.38.